The Labute approximate surface area is 192 Å². The summed E-state index contributed by atoms with van der Waals surface area (Å²) in [5.41, 5.74) is 0. The van der Waals surface area contributed by atoms with E-state index in [4.69, 9.17) is 23.7 Å². The Kier molecular flexibility index (Phi) is 9.54. The van der Waals surface area contributed by atoms with Crippen LogP contribution in [0, 0.1) is 0 Å². The molecule has 16 heteroatoms. The summed E-state index contributed by atoms with van der Waals surface area (Å²) < 4.78 is 26.4. The molecule has 3 saturated heterocycles. The van der Waals surface area contributed by atoms with E-state index < -0.39 is 112 Å². The van der Waals surface area contributed by atoms with Crippen molar-refractivity contribution in [3.05, 3.63) is 0 Å². The molecular weight excluding hydrogens is 472 g/mol. The van der Waals surface area contributed by atoms with Gasteiger partial charge in [-0.05, 0) is 0 Å². The molecule has 200 valence electrons. The lowest BCUT2D eigenvalue weighted by molar-refractivity contribution is -0.377. The standard InChI is InChI=1S/C18H32O16/c19-1-4-7(22)8(23)12(27)17(31-4)34-15-6(3-21)32-18(13(28)10(15)25)33-14-5(2-20)30-16(29)11(26)9(14)24/h4-29H,1-3H2/t4-,5-,6-,7-,8+,9-,10-,11+,12+,13+,14-,15-,16+,17+,18+/m1/s1. The van der Waals surface area contributed by atoms with Gasteiger partial charge in [0.15, 0.2) is 18.9 Å². The van der Waals surface area contributed by atoms with Crippen LogP contribution in [0.3, 0.4) is 0 Å². The molecule has 16 nitrogen and oxygen atoms in total. The maximum Gasteiger partial charge on any atom is 0.187 e. The Morgan fingerprint density at radius 2 is 0.853 bits per heavy atom. The van der Waals surface area contributed by atoms with Crippen LogP contribution in [-0.2, 0) is 23.7 Å². The van der Waals surface area contributed by atoms with E-state index in [9.17, 15) is 56.2 Å². The summed E-state index contributed by atoms with van der Waals surface area (Å²) in [6.07, 6.45) is -25.1. The number of hydrogen-bond acceptors (Lipinski definition) is 16. The molecule has 3 aliphatic heterocycles. The average Bonchev–Trinajstić information content (AvgIpc) is 2.83. The van der Waals surface area contributed by atoms with Gasteiger partial charge in [0.2, 0.25) is 0 Å². The fraction of sp³-hybridized carbons (Fsp3) is 1.00. The number of aliphatic hydroxyl groups is 11. The van der Waals surface area contributed by atoms with Crippen molar-refractivity contribution in [2.24, 2.45) is 0 Å². The van der Waals surface area contributed by atoms with Crippen molar-refractivity contribution in [3.63, 3.8) is 0 Å². The summed E-state index contributed by atoms with van der Waals surface area (Å²) in [5, 5.41) is 109. The van der Waals surface area contributed by atoms with E-state index in [1.807, 2.05) is 0 Å². The van der Waals surface area contributed by atoms with Gasteiger partial charge in [0.25, 0.3) is 0 Å². The molecule has 15 atom stereocenters. The molecule has 0 amide bonds. The molecule has 11 N–H and O–H groups in total. The smallest absolute Gasteiger partial charge is 0.187 e. The van der Waals surface area contributed by atoms with Crippen molar-refractivity contribution in [2.45, 2.75) is 92.1 Å². The molecule has 3 fully saturated rings. The fourth-order valence-corrected chi connectivity index (χ4v) is 4.06. The van der Waals surface area contributed by atoms with Gasteiger partial charge in [-0.3, -0.25) is 0 Å². The van der Waals surface area contributed by atoms with E-state index in [1.165, 1.54) is 0 Å². The molecule has 3 heterocycles. The molecule has 0 aromatic carbocycles. The van der Waals surface area contributed by atoms with Crippen molar-refractivity contribution >= 4 is 0 Å². The molecule has 0 unspecified atom stereocenters. The molecule has 0 spiro atoms. The van der Waals surface area contributed by atoms with E-state index in [-0.39, 0.29) is 0 Å². The van der Waals surface area contributed by atoms with Crippen LogP contribution >= 0.6 is 0 Å². The van der Waals surface area contributed by atoms with Crippen LogP contribution in [0.5, 0.6) is 0 Å². The van der Waals surface area contributed by atoms with Crippen molar-refractivity contribution in [1.29, 1.82) is 0 Å². The van der Waals surface area contributed by atoms with Crippen molar-refractivity contribution in [1.82, 2.24) is 0 Å². The van der Waals surface area contributed by atoms with Crippen LogP contribution in [0.4, 0.5) is 0 Å². The average molecular weight is 504 g/mol. The summed E-state index contributed by atoms with van der Waals surface area (Å²) in [4.78, 5) is 0. The van der Waals surface area contributed by atoms with Crippen molar-refractivity contribution in [2.75, 3.05) is 19.8 Å². The number of rotatable bonds is 7. The second-order valence-electron chi connectivity index (χ2n) is 8.33. The Bertz CT molecular complexity index is 635. The first-order chi connectivity index (χ1) is 16.0. The number of aliphatic hydroxyl groups excluding tert-OH is 11. The Morgan fingerprint density at radius 1 is 0.441 bits per heavy atom. The Morgan fingerprint density at radius 3 is 1.35 bits per heavy atom. The normalized spacial score (nSPS) is 52.5. The zero-order chi connectivity index (χ0) is 25.3. The second kappa shape index (κ2) is 11.6. The molecule has 0 aromatic heterocycles. The van der Waals surface area contributed by atoms with Gasteiger partial charge >= 0.3 is 0 Å². The molecule has 0 aliphatic carbocycles. The summed E-state index contributed by atoms with van der Waals surface area (Å²) in [5.74, 6) is 0. The summed E-state index contributed by atoms with van der Waals surface area (Å²) in [6, 6.07) is 0. The van der Waals surface area contributed by atoms with Gasteiger partial charge in [-0.2, -0.15) is 0 Å². The van der Waals surface area contributed by atoms with Gasteiger partial charge in [-0.25, -0.2) is 0 Å². The van der Waals surface area contributed by atoms with Crippen LogP contribution in [0.15, 0.2) is 0 Å². The highest BCUT2D eigenvalue weighted by Crippen LogP contribution is 2.32. The van der Waals surface area contributed by atoms with Crippen LogP contribution < -0.4 is 0 Å². The largest absolute Gasteiger partial charge is 0.394 e. The lowest BCUT2D eigenvalue weighted by atomic mass is 9.96. The minimum absolute atomic E-state index is 0.741. The Hall–Kier alpha value is -0.640. The predicted molar refractivity (Wildman–Crippen MR) is 101 cm³/mol. The third kappa shape index (κ3) is 5.37. The van der Waals surface area contributed by atoms with Crippen LogP contribution in [-0.4, -0.2) is 168 Å². The number of hydrogen-bond donors (Lipinski definition) is 11. The number of ether oxygens (including phenoxy) is 5. The maximum absolute atomic E-state index is 10.6. The SMILES string of the molecule is OC[C@H]1O[C@@H](O[C@H]2[C@H](O)[C@H](O)[C@H](O[C@H]3[C@H](O)[C@H](O)[C@@H](O)O[C@@H]3CO)O[C@@H]2CO)[C@@H](O)[C@@H](O)[C@@H]1O. The van der Waals surface area contributed by atoms with E-state index in [0.717, 1.165) is 0 Å². The van der Waals surface area contributed by atoms with E-state index >= 15 is 0 Å². The van der Waals surface area contributed by atoms with E-state index in [2.05, 4.69) is 0 Å². The van der Waals surface area contributed by atoms with Crippen LogP contribution in [0.1, 0.15) is 0 Å². The molecule has 0 bridgehead atoms. The third-order valence-electron chi connectivity index (χ3n) is 6.09. The fourth-order valence-electron chi connectivity index (χ4n) is 4.06. The molecule has 3 rings (SSSR count). The van der Waals surface area contributed by atoms with Crippen molar-refractivity contribution in [3.8, 4) is 0 Å². The summed E-state index contributed by atoms with van der Waals surface area (Å²) in [7, 11) is 0. The molecule has 0 saturated carbocycles. The highest BCUT2D eigenvalue weighted by Gasteiger charge is 2.53. The first-order valence-corrected chi connectivity index (χ1v) is 10.6. The highest BCUT2D eigenvalue weighted by atomic mass is 16.8. The monoisotopic (exact) mass is 504 g/mol. The second-order valence-corrected chi connectivity index (χ2v) is 8.33. The highest BCUT2D eigenvalue weighted by molar-refractivity contribution is 4.96. The predicted octanol–water partition coefficient (Wildman–Crippen LogP) is -7.57. The molecule has 3 aliphatic rings. The molecule has 0 radical (unpaired) electrons. The minimum Gasteiger partial charge on any atom is -0.394 e. The minimum atomic E-state index is -1.91. The quantitative estimate of drug-likeness (QED) is 0.154. The van der Waals surface area contributed by atoms with Crippen LogP contribution in [0.2, 0.25) is 0 Å². The van der Waals surface area contributed by atoms with E-state index in [0.29, 0.717) is 0 Å². The van der Waals surface area contributed by atoms with Crippen LogP contribution in [0.25, 0.3) is 0 Å². The molecule has 0 aromatic rings. The van der Waals surface area contributed by atoms with Gasteiger partial charge in [0.1, 0.15) is 73.2 Å². The lowest BCUT2D eigenvalue weighted by Gasteiger charge is -2.47. The summed E-state index contributed by atoms with van der Waals surface area (Å²) >= 11 is 0. The first-order valence-electron chi connectivity index (χ1n) is 10.6. The van der Waals surface area contributed by atoms with E-state index in [1.54, 1.807) is 0 Å². The topological polar surface area (TPSA) is 269 Å². The van der Waals surface area contributed by atoms with Gasteiger partial charge < -0.3 is 79.9 Å². The van der Waals surface area contributed by atoms with Gasteiger partial charge in [0.05, 0.1) is 19.8 Å². The lowest BCUT2D eigenvalue weighted by Crippen LogP contribution is -2.66. The zero-order valence-electron chi connectivity index (χ0n) is 17.7. The third-order valence-corrected chi connectivity index (χ3v) is 6.09. The van der Waals surface area contributed by atoms with Crippen molar-refractivity contribution < 1.29 is 79.9 Å². The maximum atomic E-state index is 10.6. The molecular formula is C18H32O16. The Balaban J connectivity index is 1.72. The first kappa shape index (κ1) is 27.9. The summed E-state index contributed by atoms with van der Waals surface area (Å²) in [6.45, 7) is -2.32. The zero-order valence-corrected chi connectivity index (χ0v) is 17.7. The van der Waals surface area contributed by atoms with Gasteiger partial charge in [0, 0.05) is 0 Å². The van der Waals surface area contributed by atoms with Gasteiger partial charge in [-0.15, -0.1) is 0 Å². The molecule has 34 heavy (non-hydrogen) atoms. The van der Waals surface area contributed by atoms with Gasteiger partial charge in [-0.1, -0.05) is 0 Å².